The number of nitrogens with one attached hydrogen (secondary N) is 1. The van der Waals surface area contributed by atoms with E-state index in [1.807, 2.05) is 0 Å². The second kappa shape index (κ2) is 9.80. The topological polar surface area (TPSA) is 21.3 Å². The highest BCUT2D eigenvalue weighted by Crippen LogP contribution is 2.14. The summed E-state index contributed by atoms with van der Waals surface area (Å²) in [7, 11) is 0. The third-order valence-corrected chi connectivity index (χ3v) is 3.91. The maximum Gasteiger partial charge on any atom is 0.0671 e. The van der Waals surface area contributed by atoms with Crippen molar-refractivity contribution in [3.63, 3.8) is 0 Å². The van der Waals surface area contributed by atoms with Gasteiger partial charge < -0.3 is 10.1 Å². The minimum atomic E-state index is 0.226. The molecule has 0 aromatic heterocycles. The van der Waals surface area contributed by atoms with E-state index in [1.54, 1.807) is 0 Å². The van der Waals surface area contributed by atoms with Gasteiger partial charge >= 0.3 is 0 Å². The number of unbranched alkanes of at least 4 members (excludes halogenated alkanes) is 1. The molecular weight excluding hydrogens is 222 g/mol. The molecule has 0 rings (SSSR count). The second-order valence-corrected chi connectivity index (χ2v) is 6.18. The van der Waals surface area contributed by atoms with E-state index in [0.29, 0.717) is 6.10 Å². The Morgan fingerprint density at radius 1 is 1.17 bits per heavy atom. The van der Waals surface area contributed by atoms with Crippen molar-refractivity contribution in [1.82, 2.24) is 5.32 Å². The Balaban J connectivity index is 3.77. The van der Waals surface area contributed by atoms with Gasteiger partial charge in [-0.25, -0.2) is 0 Å². The van der Waals surface area contributed by atoms with Crippen molar-refractivity contribution in [3.8, 4) is 0 Å². The molecule has 2 nitrogen and oxygen atoms in total. The Labute approximate surface area is 115 Å². The van der Waals surface area contributed by atoms with Crippen LogP contribution in [-0.2, 0) is 4.74 Å². The van der Waals surface area contributed by atoms with Crippen molar-refractivity contribution in [1.29, 1.82) is 0 Å². The molecule has 110 valence electrons. The van der Waals surface area contributed by atoms with Crippen LogP contribution in [0.3, 0.4) is 0 Å². The van der Waals surface area contributed by atoms with E-state index in [4.69, 9.17) is 4.74 Å². The van der Waals surface area contributed by atoms with Crippen molar-refractivity contribution in [2.24, 2.45) is 5.92 Å². The molecule has 0 aliphatic carbocycles. The van der Waals surface area contributed by atoms with E-state index < -0.39 is 0 Å². The molecular formula is C16H35NO. The predicted molar refractivity (Wildman–Crippen MR) is 81.1 cm³/mol. The first-order valence-electron chi connectivity index (χ1n) is 7.81. The van der Waals surface area contributed by atoms with Gasteiger partial charge in [0, 0.05) is 18.7 Å². The molecule has 0 aliphatic heterocycles. The van der Waals surface area contributed by atoms with Gasteiger partial charge in [-0.15, -0.1) is 0 Å². The standard InChI is InChI=1S/C16H35NO/c1-7-10-11-15(8-2)13-18-14(4)12-17-16(5,6)9-3/h14-15,17H,7-13H2,1-6H3. The second-order valence-electron chi connectivity index (χ2n) is 6.18. The molecule has 0 aliphatic rings. The molecule has 0 fully saturated rings. The lowest BCUT2D eigenvalue weighted by atomic mass is 10.0. The average molecular weight is 257 g/mol. The average Bonchev–Trinajstić information content (AvgIpc) is 2.36. The van der Waals surface area contributed by atoms with Gasteiger partial charge in [0.2, 0.25) is 0 Å². The summed E-state index contributed by atoms with van der Waals surface area (Å²) in [5.74, 6) is 0.742. The third-order valence-electron chi connectivity index (χ3n) is 3.91. The Kier molecular flexibility index (Phi) is 9.76. The molecule has 0 aromatic rings. The monoisotopic (exact) mass is 257 g/mol. The van der Waals surface area contributed by atoms with Crippen LogP contribution in [0.2, 0.25) is 0 Å². The quantitative estimate of drug-likeness (QED) is 0.593. The SMILES string of the molecule is CCCCC(CC)COC(C)CNC(C)(C)CC. The highest BCUT2D eigenvalue weighted by atomic mass is 16.5. The fourth-order valence-corrected chi connectivity index (χ4v) is 1.80. The van der Waals surface area contributed by atoms with Gasteiger partial charge in [0.25, 0.3) is 0 Å². The molecule has 0 saturated heterocycles. The fourth-order valence-electron chi connectivity index (χ4n) is 1.80. The maximum absolute atomic E-state index is 5.97. The Bertz CT molecular complexity index is 192. The summed E-state index contributed by atoms with van der Waals surface area (Å²) in [6, 6.07) is 0. The van der Waals surface area contributed by atoms with Crippen LogP contribution in [0.5, 0.6) is 0 Å². The van der Waals surface area contributed by atoms with Gasteiger partial charge in [-0.2, -0.15) is 0 Å². The van der Waals surface area contributed by atoms with Crippen LogP contribution >= 0.6 is 0 Å². The first-order valence-corrected chi connectivity index (χ1v) is 7.81. The van der Waals surface area contributed by atoms with Crippen molar-refractivity contribution in [2.45, 2.75) is 85.3 Å². The highest BCUT2D eigenvalue weighted by molar-refractivity contribution is 4.76. The predicted octanol–water partition coefficient (Wildman–Crippen LogP) is 4.39. The number of hydrogen-bond donors (Lipinski definition) is 1. The van der Waals surface area contributed by atoms with Crippen LogP contribution in [0.1, 0.15) is 73.6 Å². The molecule has 0 aromatic carbocycles. The lowest BCUT2D eigenvalue weighted by Gasteiger charge is -2.27. The molecule has 18 heavy (non-hydrogen) atoms. The summed E-state index contributed by atoms with van der Waals surface area (Å²) in [5, 5.41) is 3.57. The Morgan fingerprint density at radius 2 is 1.83 bits per heavy atom. The lowest BCUT2D eigenvalue weighted by molar-refractivity contribution is 0.0329. The molecule has 0 amide bonds. The molecule has 0 saturated carbocycles. The van der Waals surface area contributed by atoms with E-state index in [9.17, 15) is 0 Å². The van der Waals surface area contributed by atoms with Crippen LogP contribution in [0, 0.1) is 5.92 Å². The first-order chi connectivity index (χ1) is 8.45. The summed E-state index contributed by atoms with van der Waals surface area (Å²) < 4.78 is 5.97. The summed E-state index contributed by atoms with van der Waals surface area (Å²) >= 11 is 0. The van der Waals surface area contributed by atoms with Gasteiger partial charge in [0.15, 0.2) is 0 Å². The summed E-state index contributed by atoms with van der Waals surface area (Å²) in [5.41, 5.74) is 0.226. The zero-order chi connectivity index (χ0) is 14.0. The van der Waals surface area contributed by atoms with Crippen molar-refractivity contribution >= 4 is 0 Å². The molecule has 0 heterocycles. The van der Waals surface area contributed by atoms with Gasteiger partial charge in [0.05, 0.1) is 6.10 Å². The Hall–Kier alpha value is -0.0800. The summed E-state index contributed by atoms with van der Waals surface area (Å²) in [6.45, 7) is 15.3. The summed E-state index contributed by atoms with van der Waals surface area (Å²) in [4.78, 5) is 0. The van der Waals surface area contributed by atoms with Gasteiger partial charge in [0.1, 0.15) is 0 Å². The van der Waals surface area contributed by atoms with Crippen molar-refractivity contribution in [3.05, 3.63) is 0 Å². The van der Waals surface area contributed by atoms with Crippen LogP contribution in [0.15, 0.2) is 0 Å². The van der Waals surface area contributed by atoms with E-state index in [2.05, 4.69) is 46.9 Å². The maximum atomic E-state index is 5.97. The molecule has 0 bridgehead atoms. The molecule has 0 radical (unpaired) electrons. The van der Waals surface area contributed by atoms with Crippen LogP contribution in [-0.4, -0.2) is 24.8 Å². The minimum absolute atomic E-state index is 0.226. The van der Waals surface area contributed by atoms with Crippen molar-refractivity contribution < 1.29 is 4.74 Å². The fraction of sp³-hybridized carbons (Fsp3) is 1.00. The van der Waals surface area contributed by atoms with E-state index >= 15 is 0 Å². The van der Waals surface area contributed by atoms with E-state index in [-0.39, 0.29) is 5.54 Å². The Morgan fingerprint density at radius 3 is 2.33 bits per heavy atom. The number of hydrogen-bond acceptors (Lipinski definition) is 2. The van der Waals surface area contributed by atoms with E-state index in [0.717, 1.165) is 25.5 Å². The molecule has 2 unspecified atom stereocenters. The van der Waals surface area contributed by atoms with Crippen LogP contribution < -0.4 is 5.32 Å². The normalized spacial score (nSPS) is 15.7. The van der Waals surface area contributed by atoms with Crippen LogP contribution in [0.25, 0.3) is 0 Å². The molecule has 2 atom stereocenters. The molecule has 2 heteroatoms. The highest BCUT2D eigenvalue weighted by Gasteiger charge is 2.16. The lowest BCUT2D eigenvalue weighted by Crippen LogP contribution is -2.43. The smallest absolute Gasteiger partial charge is 0.0671 e. The third kappa shape index (κ3) is 8.93. The van der Waals surface area contributed by atoms with Gasteiger partial charge in [-0.3, -0.25) is 0 Å². The van der Waals surface area contributed by atoms with Crippen molar-refractivity contribution in [2.75, 3.05) is 13.2 Å². The first kappa shape index (κ1) is 17.9. The van der Waals surface area contributed by atoms with Gasteiger partial charge in [-0.05, 0) is 39.5 Å². The largest absolute Gasteiger partial charge is 0.377 e. The van der Waals surface area contributed by atoms with E-state index in [1.165, 1.54) is 25.7 Å². The molecule has 0 spiro atoms. The molecule has 1 N–H and O–H groups in total. The number of rotatable bonds is 11. The minimum Gasteiger partial charge on any atom is -0.377 e. The van der Waals surface area contributed by atoms with Gasteiger partial charge in [-0.1, -0.05) is 40.0 Å². The van der Waals surface area contributed by atoms with Crippen LogP contribution in [0.4, 0.5) is 0 Å². The zero-order valence-corrected chi connectivity index (χ0v) is 13.5. The zero-order valence-electron chi connectivity index (χ0n) is 13.5. The number of ether oxygens (including phenoxy) is 1. The summed E-state index contributed by atoms with van der Waals surface area (Å²) in [6.07, 6.45) is 6.63.